The van der Waals surface area contributed by atoms with Gasteiger partial charge in [0.05, 0.1) is 12.5 Å². The summed E-state index contributed by atoms with van der Waals surface area (Å²) in [5.74, 6) is -3.13. The zero-order valence-corrected chi connectivity index (χ0v) is 14.0. The quantitative estimate of drug-likeness (QED) is 0.309. The van der Waals surface area contributed by atoms with Crippen LogP contribution >= 0.6 is 0 Å². The lowest BCUT2D eigenvalue weighted by atomic mass is 10.2. The summed E-state index contributed by atoms with van der Waals surface area (Å²) in [6, 6.07) is 2.80. The Morgan fingerprint density at radius 2 is 1.12 bits per heavy atom. The van der Waals surface area contributed by atoms with Crippen LogP contribution in [0.1, 0.15) is 0 Å². The van der Waals surface area contributed by atoms with Crippen LogP contribution in [0.5, 0.6) is 0 Å². The molecule has 24 heavy (non-hydrogen) atoms. The Morgan fingerprint density at radius 3 is 1.33 bits per heavy atom. The minimum Gasteiger partial charge on any atom is -0.448 e. The van der Waals surface area contributed by atoms with E-state index < -0.39 is 57.6 Å². The second kappa shape index (κ2) is 9.14. The third kappa shape index (κ3) is 9.01. The van der Waals surface area contributed by atoms with Crippen LogP contribution in [0.25, 0.3) is 0 Å². The van der Waals surface area contributed by atoms with Crippen LogP contribution in [0.4, 0.5) is 0 Å². The Hall–Kier alpha value is -2.26. The van der Waals surface area contributed by atoms with Crippen molar-refractivity contribution >= 4 is 32.2 Å². The van der Waals surface area contributed by atoms with Crippen LogP contribution in [0.2, 0.25) is 0 Å². The van der Waals surface area contributed by atoms with E-state index in [1.165, 1.54) is 12.1 Å². The molecular formula is C10H12N2O10S2. The Morgan fingerprint density at radius 1 is 0.833 bits per heavy atom. The number of carbonyl (C=O) groups excluding carboxylic acids is 2. The maximum absolute atomic E-state index is 11.8. The van der Waals surface area contributed by atoms with Gasteiger partial charge < -0.3 is 9.47 Å². The molecule has 0 aliphatic rings. The minimum atomic E-state index is -4.38. The molecule has 0 aromatic carbocycles. The number of carbonyl (C=O) groups is 2. The van der Waals surface area contributed by atoms with E-state index in [-0.39, 0.29) is 0 Å². The fourth-order valence-corrected chi connectivity index (χ4v) is 2.29. The van der Waals surface area contributed by atoms with E-state index in [2.05, 4.69) is 17.8 Å². The van der Waals surface area contributed by atoms with Gasteiger partial charge in [-0.05, 0) is 0 Å². The van der Waals surface area contributed by atoms with Crippen molar-refractivity contribution in [2.24, 2.45) is 0 Å². The van der Waals surface area contributed by atoms with Crippen molar-refractivity contribution in [1.29, 1.82) is 10.5 Å². The van der Waals surface area contributed by atoms with Crippen LogP contribution in [-0.4, -0.2) is 66.7 Å². The van der Waals surface area contributed by atoms with Crippen molar-refractivity contribution in [1.82, 2.24) is 0 Å². The van der Waals surface area contributed by atoms with Gasteiger partial charge in [0.2, 0.25) is 12.2 Å². The molecule has 0 saturated carbocycles. The van der Waals surface area contributed by atoms with Gasteiger partial charge in [-0.3, -0.25) is 8.37 Å². The molecule has 0 radical (unpaired) electrons. The van der Waals surface area contributed by atoms with E-state index in [0.717, 1.165) is 0 Å². The van der Waals surface area contributed by atoms with Crippen LogP contribution in [0.15, 0.2) is 0 Å². The molecule has 0 saturated heterocycles. The van der Waals surface area contributed by atoms with Crippen LogP contribution < -0.4 is 0 Å². The second-order valence-electron chi connectivity index (χ2n) is 3.97. The topological polar surface area (TPSA) is 187 Å². The lowest BCUT2D eigenvalue weighted by Crippen LogP contribution is -2.47. The first-order chi connectivity index (χ1) is 10.9. The molecule has 0 bridgehead atoms. The second-order valence-corrected chi connectivity index (χ2v) is 7.17. The van der Waals surface area contributed by atoms with Crippen LogP contribution in [0.3, 0.4) is 0 Å². The van der Waals surface area contributed by atoms with Gasteiger partial charge in [-0.15, -0.1) is 0 Å². The van der Waals surface area contributed by atoms with E-state index >= 15 is 0 Å². The molecule has 0 rings (SSSR count). The van der Waals surface area contributed by atoms with Gasteiger partial charge in [0.1, 0.15) is 12.1 Å². The van der Waals surface area contributed by atoms with Gasteiger partial charge in [-0.2, -0.15) is 27.4 Å². The summed E-state index contributed by atoms with van der Waals surface area (Å²) >= 11 is 0. The zero-order chi connectivity index (χ0) is 19.0. The van der Waals surface area contributed by atoms with Gasteiger partial charge in [0.25, 0.3) is 20.2 Å². The molecule has 0 amide bonds. The molecule has 0 N–H and O–H groups in total. The molecule has 134 valence electrons. The molecule has 0 aliphatic carbocycles. The van der Waals surface area contributed by atoms with Gasteiger partial charge in [-0.25, -0.2) is 9.59 Å². The lowest BCUT2D eigenvalue weighted by Gasteiger charge is -2.21. The summed E-state index contributed by atoms with van der Waals surface area (Å²) in [4.78, 5) is 23.5. The molecule has 14 heteroatoms. The smallest absolute Gasteiger partial charge is 0.341 e. The summed E-state index contributed by atoms with van der Waals surface area (Å²) in [5, 5.41) is 16.7. The molecular weight excluding hydrogens is 372 g/mol. The maximum atomic E-state index is 11.8. The monoisotopic (exact) mass is 384 g/mol. The first-order valence-corrected chi connectivity index (χ1v) is 9.38. The van der Waals surface area contributed by atoms with Crippen molar-refractivity contribution in [3.05, 3.63) is 0 Å². The number of nitrogens with zero attached hydrogens (tertiary/aromatic N) is 2. The highest BCUT2D eigenvalue weighted by atomic mass is 32.2. The van der Waals surface area contributed by atoms with E-state index in [4.69, 9.17) is 10.5 Å². The van der Waals surface area contributed by atoms with Crippen LogP contribution in [0, 0.1) is 22.7 Å². The predicted octanol–water partition coefficient (Wildman–Crippen LogP) is -2.19. The van der Waals surface area contributed by atoms with Crippen molar-refractivity contribution in [3.8, 4) is 12.1 Å². The number of ether oxygens (including phenoxy) is 2. The first-order valence-electron chi connectivity index (χ1n) is 5.75. The van der Waals surface area contributed by atoms with Crippen molar-refractivity contribution < 1.29 is 44.3 Å². The molecule has 0 aliphatic heterocycles. The highest BCUT2D eigenvalue weighted by Gasteiger charge is 2.43. The Bertz CT molecular complexity index is 692. The molecule has 0 aromatic heterocycles. The maximum Gasteiger partial charge on any atom is 0.341 e. The normalized spacial score (nSPS) is 13.8. The number of rotatable bonds is 9. The molecule has 0 heterocycles. The highest BCUT2D eigenvalue weighted by Crippen LogP contribution is 2.14. The number of esters is 2. The van der Waals surface area contributed by atoms with Crippen molar-refractivity contribution in [2.75, 3.05) is 25.7 Å². The largest absolute Gasteiger partial charge is 0.448 e. The van der Waals surface area contributed by atoms with E-state index in [0.29, 0.717) is 12.5 Å². The van der Waals surface area contributed by atoms with Crippen molar-refractivity contribution in [3.63, 3.8) is 0 Å². The average Bonchev–Trinajstić information content (AvgIpc) is 2.43. The van der Waals surface area contributed by atoms with E-state index in [1.54, 1.807) is 0 Å². The Kier molecular flexibility index (Phi) is 8.28. The van der Waals surface area contributed by atoms with Gasteiger partial charge in [0, 0.05) is 0 Å². The molecule has 2 atom stereocenters. The summed E-state index contributed by atoms with van der Waals surface area (Å²) in [7, 11) is -8.76. The number of nitriles is 2. The van der Waals surface area contributed by atoms with Gasteiger partial charge in [-0.1, -0.05) is 0 Å². The Labute approximate surface area is 137 Å². The first kappa shape index (κ1) is 21.7. The fourth-order valence-electron chi connectivity index (χ4n) is 1.17. The summed E-state index contributed by atoms with van der Waals surface area (Å²) in [6.07, 6.45) is -3.80. The van der Waals surface area contributed by atoms with Gasteiger partial charge >= 0.3 is 11.9 Å². The zero-order valence-electron chi connectivity index (χ0n) is 12.4. The predicted molar refractivity (Wildman–Crippen MR) is 72.6 cm³/mol. The standard InChI is InChI=1S/C10H12N2O10S2/c1-23(15,16)21-7(9(13)19-5-3-11)8(22-24(2,17)18)10(14)20-6-4-12/h7-8H,5-6H2,1-2H3. The van der Waals surface area contributed by atoms with Crippen molar-refractivity contribution in [2.45, 2.75) is 12.2 Å². The van der Waals surface area contributed by atoms with E-state index in [1.807, 2.05) is 0 Å². The molecule has 0 aromatic rings. The fraction of sp³-hybridized carbons (Fsp3) is 0.600. The van der Waals surface area contributed by atoms with Crippen LogP contribution in [-0.2, 0) is 47.7 Å². The lowest BCUT2D eigenvalue weighted by molar-refractivity contribution is -0.166. The SMILES string of the molecule is CS(=O)(=O)OC(C(=O)OCC#N)C(OS(C)(=O)=O)C(=O)OCC#N. The average molecular weight is 384 g/mol. The summed E-state index contributed by atoms with van der Waals surface area (Å²) < 4.78 is 62.2. The van der Waals surface area contributed by atoms with Gasteiger partial charge in [0.15, 0.2) is 13.2 Å². The summed E-state index contributed by atoms with van der Waals surface area (Å²) in [6.45, 7) is -1.66. The van der Waals surface area contributed by atoms with E-state index in [9.17, 15) is 26.4 Å². The third-order valence-electron chi connectivity index (χ3n) is 1.85. The molecule has 12 nitrogen and oxygen atoms in total. The molecule has 0 fully saturated rings. The number of hydrogen-bond acceptors (Lipinski definition) is 12. The summed E-state index contributed by atoms with van der Waals surface area (Å²) in [5.41, 5.74) is 0. The number of hydrogen-bond donors (Lipinski definition) is 0. The third-order valence-corrected chi connectivity index (χ3v) is 2.97. The highest BCUT2D eigenvalue weighted by molar-refractivity contribution is 7.86. The Balaban J connectivity index is 5.76. The molecule has 2 unspecified atom stereocenters. The molecule has 0 spiro atoms. The minimum absolute atomic E-state index is 0.510.